The van der Waals surface area contributed by atoms with Gasteiger partial charge in [-0.15, -0.1) is 0 Å². The molecule has 0 saturated carbocycles. The average Bonchev–Trinajstić information content (AvgIpc) is 3.57. The van der Waals surface area contributed by atoms with Crippen LogP contribution in [0.3, 0.4) is 0 Å². The number of nitrogens with one attached hydrogen (secondary N) is 1. The summed E-state index contributed by atoms with van der Waals surface area (Å²) in [4.78, 5) is 82.0. The number of benzene rings is 1. The molecule has 1 aromatic carbocycles. The fourth-order valence-electron chi connectivity index (χ4n) is 7.72. The molecule has 1 atom stereocenters. The lowest BCUT2D eigenvalue weighted by molar-refractivity contribution is -0.447. The number of carbonyl (C=O) groups excluding carboxylic acids is 5. The Balaban J connectivity index is 2.04. The molecule has 2 heterocycles. The summed E-state index contributed by atoms with van der Waals surface area (Å²) in [5, 5.41) is 0. The lowest BCUT2D eigenvalue weighted by Crippen LogP contribution is -2.66. The maximum absolute atomic E-state index is 14.2. The summed E-state index contributed by atoms with van der Waals surface area (Å²) in [6.45, 7) is 21.7. The molecular formula is C41H67N6O5+. The van der Waals surface area contributed by atoms with Gasteiger partial charge in [-0.25, -0.2) is 0 Å². The quantitative estimate of drug-likeness (QED) is 0.310. The maximum atomic E-state index is 14.2. The summed E-state index contributed by atoms with van der Waals surface area (Å²) < 4.78 is 0. The topological polar surface area (TPSA) is 116 Å². The molecule has 1 N–H and O–H groups in total. The van der Waals surface area contributed by atoms with E-state index in [9.17, 15) is 24.0 Å². The number of rotatable bonds is 9. The van der Waals surface area contributed by atoms with Crippen molar-refractivity contribution in [3.8, 4) is 0 Å². The van der Waals surface area contributed by atoms with Gasteiger partial charge in [0, 0.05) is 49.6 Å². The standard InChI is InChI=1S/C41H66N6O5/c1-31(2)25-44-28-36(49)45(26-33-17-11-10-12-18-33)29-38(51)46-24-15-19-34(46)39(52)40(5,6)20-13-14-21-41(7,8)47(32(3)4)30-37(50)43(27-35(44)48)23-16-22-42-9/h10-12,17-18,31-32,34H,9,13-16,19-30H2,1-8H3/p+1. The zero-order valence-electron chi connectivity index (χ0n) is 33.4. The van der Waals surface area contributed by atoms with Crippen LogP contribution in [0.25, 0.3) is 0 Å². The first-order valence-electron chi connectivity index (χ1n) is 19.4. The number of Topliss-reactive ketones (excluding diaryl/α,β-unsaturated/α-hetero) is 1. The molecule has 1 aromatic rings. The molecule has 0 bridgehead atoms. The number of hydrogen-bond acceptors (Lipinski definition) is 6. The van der Waals surface area contributed by atoms with Crippen LogP contribution in [0.15, 0.2) is 30.3 Å². The molecule has 11 heteroatoms. The third kappa shape index (κ3) is 12.2. The van der Waals surface area contributed by atoms with E-state index in [1.165, 1.54) is 9.80 Å². The SMILES string of the molecule is C=[NH+]CCCN1CC(=O)N(CC(C)C)CC(=O)N(Cc2ccccc2)CC(=O)N2CCCC2C(=O)C(C)(C)CCCCC(C)(C)N(C(C)C)CC1=O. The molecule has 0 radical (unpaired) electrons. The number of nitrogens with zero attached hydrogens (tertiary/aromatic N) is 5. The van der Waals surface area contributed by atoms with E-state index < -0.39 is 11.5 Å². The van der Waals surface area contributed by atoms with Crippen molar-refractivity contribution in [2.45, 2.75) is 125 Å². The van der Waals surface area contributed by atoms with Gasteiger partial charge in [-0.05, 0) is 64.9 Å². The van der Waals surface area contributed by atoms with Crippen molar-refractivity contribution in [2.75, 3.05) is 52.4 Å². The largest absolute Gasteiger partial charge is 0.332 e. The van der Waals surface area contributed by atoms with E-state index in [0.717, 1.165) is 31.2 Å². The van der Waals surface area contributed by atoms with Crippen LogP contribution in [0, 0.1) is 11.3 Å². The van der Waals surface area contributed by atoms with Crippen LogP contribution in [0.5, 0.6) is 0 Å². The molecule has 52 heavy (non-hydrogen) atoms. The highest BCUT2D eigenvalue weighted by atomic mass is 16.2. The Hall–Kier alpha value is -3.60. The van der Waals surface area contributed by atoms with Gasteiger partial charge in [0.2, 0.25) is 23.6 Å². The van der Waals surface area contributed by atoms with E-state index in [2.05, 4.69) is 44.3 Å². The van der Waals surface area contributed by atoms with Gasteiger partial charge in [0.05, 0.1) is 25.7 Å². The predicted octanol–water partition coefficient (Wildman–Crippen LogP) is 3.15. The Labute approximate surface area is 313 Å². The van der Waals surface area contributed by atoms with Gasteiger partial charge in [0.1, 0.15) is 19.8 Å². The summed E-state index contributed by atoms with van der Waals surface area (Å²) in [7, 11) is 0. The zero-order chi connectivity index (χ0) is 38.6. The van der Waals surface area contributed by atoms with E-state index in [0.29, 0.717) is 45.4 Å². The minimum absolute atomic E-state index is 0.0620. The average molecular weight is 724 g/mol. The molecule has 2 aliphatic rings. The van der Waals surface area contributed by atoms with Crippen molar-refractivity contribution >= 4 is 36.1 Å². The Morgan fingerprint density at radius 3 is 2.00 bits per heavy atom. The summed E-state index contributed by atoms with van der Waals surface area (Å²) in [5.74, 6) is -0.919. The third-order valence-corrected chi connectivity index (χ3v) is 10.7. The van der Waals surface area contributed by atoms with Crippen LogP contribution in [-0.2, 0) is 30.5 Å². The van der Waals surface area contributed by atoms with Gasteiger partial charge in [-0.1, -0.05) is 70.9 Å². The molecule has 2 aliphatic heterocycles. The fourth-order valence-corrected chi connectivity index (χ4v) is 7.72. The van der Waals surface area contributed by atoms with Crippen LogP contribution in [0.1, 0.15) is 106 Å². The van der Waals surface area contributed by atoms with E-state index in [4.69, 9.17) is 0 Å². The smallest absolute Gasteiger partial charge is 0.242 e. The van der Waals surface area contributed by atoms with E-state index >= 15 is 0 Å². The van der Waals surface area contributed by atoms with Crippen LogP contribution in [0.4, 0.5) is 0 Å². The number of ketones is 1. The van der Waals surface area contributed by atoms with Gasteiger partial charge >= 0.3 is 0 Å². The Bertz CT molecular complexity index is 1380. The first-order valence-corrected chi connectivity index (χ1v) is 19.4. The molecule has 2 saturated heterocycles. The van der Waals surface area contributed by atoms with E-state index in [-0.39, 0.29) is 79.6 Å². The molecule has 11 nitrogen and oxygen atoms in total. The Kier molecular flexibility index (Phi) is 16.0. The van der Waals surface area contributed by atoms with Crippen LogP contribution in [-0.4, -0.2) is 131 Å². The highest BCUT2D eigenvalue weighted by Gasteiger charge is 2.42. The minimum atomic E-state index is -0.620. The van der Waals surface area contributed by atoms with E-state index in [1.807, 2.05) is 58.0 Å². The third-order valence-electron chi connectivity index (χ3n) is 10.7. The number of amides is 4. The van der Waals surface area contributed by atoms with Crippen molar-refractivity contribution in [3.05, 3.63) is 35.9 Å². The molecule has 0 spiro atoms. The van der Waals surface area contributed by atoms with Crippen LogP contribution < -0.4 is 4.99 Å². The zero-order valence-corrected chi connectivity index (χ0v) is 33.4. The molecule has 4 amide bonds. The van der Waals surface area contributed by atoms with Gasteiger partial charge in [-0.2, -0.15) is 0 Å². The second kappa shape index (κ2) is 19.5. The van der Waals surface area contributed by atoms with Crippen molar-refractivity contribution in [2.24, 2.45) is 11.3 Å². The molecule has 1 unspecified atom stereocenters. The van der Waals surface area contributed by atoms with Gasteiger partial charge in [0.25, 0.3) is 0 Å². The molecule has 0 aromatic heterocycles. The number of carbonyl (C=O) groups is 5. The number of fused-ring (bicyclic) bond motifs is 1. The summed E-state index contributed by atoms with van der Waals surface area (Å²) >= 11 is 0. The fraction of sp³-hybridized carbons (Fsp3) is 0.707. The molecule has 290 valence electrons. The molecular weight excluding hydrogens is 656 g/mol. The minimum Gasteiger partial charge on any atom is -0.332 e. The Morgan fingerprint density at radius 1 is 0.769 bits per heavy atom. The predicted molar refractivity (Wildman–Crippen MR) is 205 cm³/mol. The highest BCUT2D eigenvalue weighted by molar-refractivity contribution is 5.95. The van der Waals surface area contributed by atoms with Gasteiger partial charge in [-0.3, -0.25) is 33.9 Å². The summed E-state index contributed by atoms with van der Waals surface area (Å²) in [5.41, 5.74) is -0.0708. The van der Waals surface area contributed by atoms with Gasteiger partial charge < -0.3 is 19.6 Å². The summed E-state index contributed by atoms with van der Waals surface area (Å²) in [6, 6.07) is 9.05. The first kappa shape index (κ1) is 42.8. The van der Waals surface area contributed by atoms with Gasteiger partial charge in [0.15, 0.2) is 5.78 Å². The lowest BCUT2D eigenvalue weighted by atomic mass is 9.78. The highest BCUT2D eigenvalue weighted by Crippen LogP contribution is 2.33. The van der Waals surface area contributed by atoms with Crippen molar-refractivity contribution < 1.29 is 29.0 Å². The monoisotopic (exact) mass is 724 g/mol. The second-order valence-corrected chi connectivity index (χ2v) is 16.8. The molecule has 0 aliphatic carbocycles. The normalized spacial score (nSPS) is 22.3. The molecule has 3 rings (SSSR count). The molecule has 2 fully saturated rings. The van der Waals surface area contributed by atoms with Crippen LogP contribution >= 0.6 is 0 Å². The summed E-state index contributed by atoms with van der Waals surface area (Å²) in [6.07, 6.45) is 5.22. The van der Waals surface area contributed by atoms with Crippen molar-refractivity contribution in [1.82, 2.24) is 24.5 Å². The van der Waals surface area contributed by atoms with Crippen molar-refractivity contribution in [1.29, 1.82) is 0 Å². The lowest BCUT2D eigenvalue weighted by Gasteiger charge is -2.42. The van der Waals surface area contributed by atoms with Crippen LogP contribution in [0.2, 0.25) is 0 Å². The second-order valence-electron chi connectivity index (χ2n) is 16.8. The first-order chi connectivity index (χ1) is 24.5. The Morgan fingerprint density at radius 2 is 1.37 bits per heavy atom. The maximum Gasteiger partial charge on any atom is 0.242 e. The number of hydrogen-bond donors (Lipinski definition) is 1. The van der Waals surface area contributed by atoms with Crippen molar-refractivity contribution in [3.63, 3.8) is 0 Å². The van der Waals surface area contributed by atoms with E-state index in [1.54, 1.807) is 9.80 Å².